The van der Waals surface area contributed by atoms with E-state index in [9.17, 15) is 0 Å². The van der Waals surface area contributed by atoms with Gasteiger partial charge in [0.05, 0.1) is 16.1 Å². The molecule has 2 aromatic heterocycles. The number of benzene rings is 2. The summed E-state index contributed by atoms with van der Waals surface area (Å²) in [5.74, 6) is 1.35. The van der Waals surface area contributed by atoms with Crippen LogP contribution in [-0.4, -0.2) is 38.6 Å². The van der Waals surface area contributed by atoms with Gasteiger partial charge in [-0.3, -0.25) is 4.31 Å². The summed E-state index contributed by atoms with van der Waals surface area (Å²) in [6.45, 7) is 2.31. The van der Waals surface area contributed by atoms with Crippen molar-refractivity contribution in [3.05, 3.63) is 53.2 Å². The summed E-state index contributed by atoms with van der Waals surface area (Å²) in [5, 5.41) is 5.09. The molecule has 1 aliphatic heterocycles. The first-order valence-electron chi connectivity index (χ1n) is 9.52. The molecule has 0 aliphatic carbocycles. The van der Waals surface area contributed by atoms with Gasteiger partial charge in [0.1, 0.15) is 0 Å². The number of hydrogen-bond acceptors (Lipinski definition) is 4. The Morgan fingerprint density at radius 2 is 2.00 bits per heavy atom. The molecule has 5 rings (SSSR count). The van der Waals surface area contributed by atoms with E-state index in [1.165, 1.54) is 18.4 Å². The monoisotopic (exact) mass is 411 g/mol. The van der Waals surface area contributed by atoms with Crippen molar-refractivity contribution in [1.29, 1.82) is 0 Å². The molecule has 144 valence electrons. The standard InChI is InChI=1S/C21H22ClN5S/c1-28-27-8-5-13(6-9-27)14-2-3-18-20(10-14)26-21(25-18)24-15-11-17(22)16-4-7-23-19(16)12-15/h2-4,7,10-13,23H,5-6,8-9H2,1H3,(H2,24,25,26). The highest BCUT2D eigenvalue weighted by Crippen LogP contribution is 2.32. The molecule has 1 aliphatic rings. The number of H-pyrrole nitrogens is 2. The smallest absolute Gasteiger partial charge is 0.205 e. The third-order valence-corrected chi connectivity index (χ3v) is 6.76. The van der Waals surface area contributed by atoms with Gasteiger partial charge in [-0.25, -0.2) is 4.98 Å². The molecule has 28 heavy (non-hydrogen) atoms. The molecule has 3 N–H and O–H groups in total. The number of piperidine rings is 1. The lowest BCUT2D eigenvalue weighted by Crippen LogP contribution is -2.27. The summed E-state index contributed by atoms with van der Waals surface area (Å²) >= 11 is 8.23. The number of nitrogens with zero attached hydrogens (tertiary/aromatic N) is 2. The molecule has 1 fully saturated rings. The Morgan fingerprint density at radius 3 is 2.82 bits per heavy atom. The molecule has 7 heteroatoms. The van der Waals surface area contributed by atoms with E-state index in [1.54, 1.807) is 0 Å². The van der Waals surface area contributed by atoms with E-state index < -0.39 is 0 Å². The highest BCUT2D eigenvalue weighted by molar-refractivity contribution is 7.96. The van der Waals surface area contributed by atoms with Crippen LogP contribution in [0.2, 0.25) is 5.02 Å². The Morgan fingerprint density at radius 1 is 1.14 bits per heavy atom. The summed E-state index contributed by atoms with van der Waals surface area (Å²) in [6.07, 6.45) is 6.47. The number of aromatic amines is 2. The van der Waals surface area contributed by atoms with Gasteiger partial charge >= 0.3 is 0 Å². The number of nitrogens with one attached hydrogen (secondary N) is 3. The van der Waals surface area contributed by atoms with Gasteiger partial charge in [0.2, 0.25) is 5.95 Å². The minimum atomic E-state index is 0.626. The fourth-order valence-corrected chi connectivity index (χ4v) is 4.90. The summed E-state index contributed by atoms with van der Waals surface area (Å²) in [4.78, 5) is 11.3. The van der Waals surface area contributed by atoms with Crippen molar-refractivity contribution in [2.45, 2.75) is 18.8 Å². The van der Waals surface area contributed by atoms with Crippen LogP contribution in [0.1, 0.15) is 24.3 Å². The van der Waals surface area contributed by atoms with Gasteiger partial charge in [-0.2, -0.15) is 0 Å². The lowest BCUT2D eigenvalue weighted by Gasteiger charge is -2.30. The van der Waals surface area contributed by atoms with Crippen LogP contribution in [-0.2, 0) is 0 Å². The zero-order chi connectivity index (χ0) is 19.1. The maximum Gasteiger partial charge on any atom is 0.205 e. The quantitative estimate of drug-likeness (QED) is 0.366. The molecule has 0 spiro atoms. The van der Waals surface area contributed by atoms with Crippen molar-refractivity contribution in [3.8, 4) is 0 Å². The van der Waals surface area contributed by atoms with E-state index in [0.717, 1.165) is 51.7 Å². The normalized spacial score (nSPS) is 16.2. The molecule has 4 aromatic rings. The molecule has 2 aromatic carbocycles. The van der Waals surface area contributed by atoms with E-state index in [0.29, 0.717) is 5.92 Å². The SMILES string of the molecule is CSN1CCC(c2ccc3nc(Nc4cc(Cl)c5cc[nH]c5c4)[nH]c3c2)CC1. The van der Waals surface area contributed by atoms with Crippen LogP contribution < -0.4 is 5.32 Å². The third-order valence-electron chi connectivity index (χ3n) is 5.57. The van der Waals surface area contributed by atoms with Crippen molar-refractivity contribution >= 4 is 57.1 Å². The van der Waals surface area contributed by atoms with Crippen molar-refractivity contribution in [1.82, 2.24) is 19.3 Å². The average molecular weight is 412 g/mol. The molecule has 0 atom stereocenters. The van der Waals surface area contributed by atoms with Gasteiger partial charge in [-0.1, -0.05) is 29.6 Å². The van der Waals surface area contributed by atoms with Gasteiger partial charge in [-0.15, -0.1) is 0 Å². The fraction of sp³-hybridized carbons (Fsp3) is 0.286. The second-order valence-corrected chi connectivity index (χ2v) is 8.56. The summed E-state index contributed by atoms with van der Waals surface area (Å²) in [5.41, 5.74) is 5.35. The maximum absolute atomic E-state index is 6.38. The van der Waals surface area contributed by atoms with Gasteiger partial charge in [0.25, 0.3) is 0 Å². The van der Waals surface area contributed by atoms with E-state index in [2.05, 4.69) is 49.0 Å². The van der Waals surface area contributed by atoms with Crippen LogP contribution in [0, 0.1) is 0 Å². The molecule has 3 heterocycles. The van der Waals surface area contributed by atoms with E-state index in [4.69, 9.17) is 11.6 Å². The first-order chi connectivity index (χ1) is 13.7. The highest BCUT2D eigenvalue weighted by Gasteiger charge is 2.20. The van der Waals surface area contributed by atoms with Gasteiger partial charge in [0, 0.05) is 35.9 Å². The zero-order valence-electron chi connectivity index (χ0n) is 15.6. The molecule has 0 unspecified atom stereocenters. The second kappa shape index (κ2) is 7.35. The fourth-order valence-electron chi connectivity index (χ4n) is 4.04. The lowest BCUT2D eigenvalue weighted by molar-refractivity contribution is 0.347. The average Bonchev–Trinajstić information content (AvgIpc) is 3.34. The number of hydrogen-bond donors (Lipinski definition) is 3. The Bertz CT molecular complexity index is 1130. The predicted molar refractivity (Wildman–Crippen MR) is 120 cm³/mol. The molecular weight excluding hydrogens is 390 g/mol. The molecule has 0 amide bonds. The summed E-state index contributed by atoms with van der Waals surface area (Å²) < 4.78 is 2.44. The molecule has 5 nitrogen and oxygen atoms in total. The third kappa shape index (κ3) is 3.36. The van der Waals surface area contributed by atoms with Crippen molar-refractivity contribution in [2.24, 2.45) is 0 Å². The largest absolute Gasteiger partial charge is 0.361 e. The topological polar surface area (TPSA) is 59.7 Å². The second-order valence-electron chi connectivity index (χ2n) is 7.27. The summed E-state index contributed by atoms with van der Waals surface area (Å²) in [7, 11) is 0. The lowest BCUT2D eigenvalue weighted by atomic mass is 9.90. The van der Waals surface area contributed by atoms with Crippen LogP contribution >= 0.6 is 23.5 Å². The molecule has 0 bridgehead atoms. The maximum atomic E-state index is 6.38. The van der Waals surface area contributed by atoms with Crippen LogP contribution in [0.15, 0.2) is 42.6 Å². The summed E-state index contributed by atoms with van der Waals surface area (Å²) in [6, 6.07) is 12.6. The van der Waals surface area contributed by atoms with Crippen molar-refractivity contribution in [3.63, 3.8) is 0 Å². The van der Waals surface area contributed by atoms with Gasteiger partial charge < -0.3 is 15.3 Å². The number of rotatable bonds is 4. The molecular formula is C21H22ClN5S. The van der Waals surface area contributed by atoms with Crippen molar-refractivity contribution < 1.29 is 0 Å². The number of aromatic nitrogens is 3. The Hall–Kier alpha value is -2.15. The molecule has 0 saturated carbocycles. The number of halogens is 1. The van der Waals surface area contributed by atoms with Gasteiger partial charge in [0.15, 0.2) is 0 Å². The Labute approximate surface area is 173 Å². The van der Waals surface area contributed by atoms with E-state index >= 15 is 0 Å². The van der Waals surface area contributed by atoms with Crippen LogP contribution in [0.25, 0.3) is 21.9 Å². The number of anilines is 2. The van der Waals surface area contributed by atoms with Crippen LogP contribution in [0.3, 0.4) is 0 Å². The first-order valence-corrected chi connectivity index (χ1v) is 11.1. The van der Waals surface area contributed by atoms with Gasteiger partial charge in [-0.05, 0) is 60.9 Å². The molecule has 0 radical (unpaired) electrons. The van der Waals surface area contributed by atoms with E-state index in [-0.39, 0.29) is 0 Å². The Kier molecular flexibility index (Phi) is 4.70. The minimum Gasteiger partial charge on any atom is -0.361 e. The molecule has 1 saturated heterocycles. The predicted octanol–water partition coefficient (Wildman–Crippen LogP) is 5.90. The van der Waals surface area contributed by atoms with Crippen molar-refractivity contribution in [2.75, 3.05) is 24.7 Å². The van der Waals surface area contributed by atoms with E-state index in [1.807, 2.05) is 36.3 Å². The minimum absolute atomic E-state index is 0.626. The first kappa shape index (κ1) is 17.9. The van der Waals surface area contributed by atoms with Crippen LogP contribution in [0.4, 0.5) is 11.6 Å². The number of fused-ring (bicyclic) bond motifs is 2. The Balaban J connectivity index is 1.39. The number of imidazole rings is 1. The highest BCUT2D eigenvalue weighted by atomic mass is 35.5. The zero-order valence-corrected chi connectivity index (χ0v) is 17.2. The van der Waals surface area contributed by atoms with Crippen LogP contribution in [0.5, 0.6) is 0 Å².